The Morgan fingerprint density at radius 3 is 2.50 bits per heavy atom. The molecule has 0 saturated carbocycles. The summed E-state index contributed by atoms with van der Waals surface area (Å²) in [5.41, 5.74) is 0.359. The molecule has 1 aromatic heterocycles. The van der Waals surface area contributed by atoms with Crippen LogP contribution >= 0.6 is 0 Å². The molecule has 0 saturated heterocycles. The van der Waals surface area contributed by atoms with Crippen molar-refractivity contribution in [1.29, 1.82) is 0 Å². The second-order valence-electron chi connectivity index (χ2n) is 5.01. The smallest absolute Gasteiger partial charge is 0.129 e. The summed E-state index contributed by atoms with van der Waals surface area (Å²) in [5.74, 6) is 2.09. The van der Waals surface area contributed by atoms with Crippen molar-refractivity contribution in [2.45, 2.75) is 24.9 Å². The number of benzene rings is 1. The first kappa shape index (κ1) is 13.1. The molecule has 1 N–H and O–H groups in total. The monoisotopic (exact) mass is 274 g/mol. The summed E-state index contributed by atoms with van der Waals surface area (Å²) in [6.07, 6.45) is 3.96. The summed E-state index contributed by atoms with van der Waals surface area (Å²) < 4.78 is 16.3. The van der Waals surface area contributed by atoms with Crippen molar-refractivity contribution in [1.82, 2.24) is 0 Å². The first-order valence-electron chi connectivity index (χ1n) is 6.71. The standard InChI is InChI=1S/C16H18O4/c1-18-13-5-3-6-14(19-2)15(13)16(17)9-4-7-12-11(16)8-10-20-12/h3,5-6,8,10,17H,4,7,9H2,1-2H3. The van der Waals surface area contributed by atoms with Crippen molar-refractivity contribution in [3.8, 4) is 11.5 Å². The number of hydrogen-bond acceptors (Lipinski definition) is 4. The van der Waals surface area contributed by atoms with Crippen molar-refractivity contribution in [3.63, 3.8) is 0 Å². The maximum atomic E-state index is 11.3. The molecule has 0 amide bonds. The molecule has 4 heteroatoms. The normalized spacial score (nSPS) is 21.4. The van der Waals surface area contributed by atoms with Gasteiger partial charge in [-0.2, -0.15) is 0 Å². The highest BCUT2D eigenvalue weighted by molar-refractivity contribution is 5.54. The second-order valence-corrected chi connectivity index (χ2v) is 5.01. The van der Waals surface area contributed by atoms with E-state index >= 15 is 0 Å². The quantitative estimate of drug-likeness (QED) is 0.935. The largest absolute Gasteiger partial charge is 0.496 e. The molecular formula is C16H18O4. The lowest BCUT2D eigenvalue weighted by Gasteiger charge is -2.34. The topological polar surface area (TPSA) is 51.8 Å². The van der Waals surface area contributed by atoms with Gasteiger partial charge in [-0.1, -0.05) is 6.07 Å². The molecule has 2 aromatic rings. The number of rotatable bonds is 3. The SMILES string of the molecule is COc1cccc(OC)c1C1(O)CCCc2occc21. The number of aryl methyl sites for hydroxylation is 1. The van der Waals surface area contributed by atoms with Crippen LogP contribution in [0.3, 0.4) is 0 Å². The van der Waals surface area contributed by atoms with Crippen LogP contribution in [0.5, 0.6) is 11.5 Å². The van der Waals surface area contributed by atoms with Crippen LogP contribution in [0.2, 0.25) is 0 Å². The van der Waals surface area contributed by atoms with Crippen LogP contribution in [-0.4, -0.2) is 19.3 Å². The number of fused-ring (bicyclic) bond motifs is 1. The Hall–Kier alpha value is -1.94. The molecule has 0 radical (unpaired) electrons. The molecule has 106 valence electrons. The highest BCUT2D eigenvalue weighted by atomic mass is 16.5. The fraction of sp³-hybridized carbons (Fsp3) is 0.375. The van der Waals surface area contributed by atoms with Crippen molar-refractivity contribution >= 4 is 0 Å². The molecule has 1 heterocycles. The van der Waals surface area contributed by atoms with E-state index in [-0.39, 0.29) is 0 Å². The van der Waals surface area contributed by atoms with Crippen LogP contribution in [-0.2, 0) is 12.0 Å². The molecule has 0 spiro atoms. The molecule has 1 unspecified atom stereocenters. The average molecular weight is 274 g/mol. The van der Waals surface area contributed by atoms with Crippen LogP contribution in [0.1, 0.15) is 29.7 Å². The van der Waals surface area contributed by atoms with Crippen LogP contribution in [0.4, 0.5) is 0 Å². The molecular weight excluding hydrogens is 256 g/mol. The van der Waals surface area contributed by atoms with Gasteiger partial charge >= 0.3 is 0 Å². The number of ether oxygens (including phenoxy) is 2. The van der Waals surface area contributed by atoms with E-state index in [0.29, 0.717) is 23.5 Å². The van der Waals surface area contributed by atoms with E-state index in [4.69, 9.17) is 13.9 Å². The summed E-state index contributed by atoms with van der Waals surface area (Å²) >= 11 is 0. The Labute approximate surface area is 117 Å². The van der Waals surface area contributed by atoms with E-state index in [1.54, 1.807) is 20.5 Å². The average Bonchev–Trinajstić information content (AvgIpc) is 2.96. The van der Waals surface area contributed by atoms with E-state index in [0.717, 1.165) is 24.2 Å². The molecule has 1 atom stereocenters. The van der Waals surface area contributed by atoms with Gasteiger partial charge in [0.05, 0.1) is 26.0 Å². The molecule has 0 bridgehead atoms. The lowest BCUT2D eigenvalue weighted by atomic mass is 9.77. The summed E-state index contributed by atoms with van der Waals surface area (Å²) in [7, 11) is 3.20. The maximum absolute atomic E-state index is 11.3. The third kappa shape index (κ3) is 1.79. The molecule has 4 nitrogen and oxygen atoms in total. The third-order valence-corrected chi connectivity index (χ3v) is 3.97. The predicted octanol–water partition coefficient (Wildman–Crippen LogP) is 2.87. The van der Waals surface area contributed by atoms with Gasteiger partial charge < -0.3 is 19.0 Å². The van der Waals surface area contributed by atoms with E-state index in [9.17, 15) is 5.11 Å². The Kier molecular flexibility index (Phi) is 3.18. The molecule has 20 heavy (non-hydrogen) atoms. The minimum absolute atomic E-state index is 0.621. The van der Waals surface area contributed by atoms with Gasteiger partial charge in [-0.15, -0.1) is 0 Å². The van der Waals surface area contributed by atoms with Crippen LogP contribution < -0.4 is 9.47 Å². The fourth-order valence-corrected chi connectivity index (χ4v) is 3.06. The Balaban J connectivity index is 2.24. The number of aliphatic hydroxyl groups is 1. The number of methoxy groups -OCH3 is 2. The Morgan fingerprint density at radius 1 is 1.15 bits per heavy atom. The van der Waals surface area contributed by atoms with Gasteiger partial charge in [0, 0.05) is 12.0 Å². The lowest BCUT2D eigenvalue weighted by molar-refractivity contribution is 0.0537. The number of hydrogen-bond donors (Lipinski definition) is 1. The Bertz CT molecular complexity index is 594. The molecule has 0 aliphatic heterocycles. The third-order valence-electron chi connectivity index (χ3n) is 3.97. The van der Waals surface area contributed by atoms with Gasteiger partial charge in [0.25, 0.3) is 0 Å². The van der Waals surface area contributed by atoms with Crippen LogP contribution in [0.15, 0.2) is 34.9 Å². The highest BCUT2D eigenvalue weighted by Gasteiger charge is 2.42. The van der Waals surface area contributed by atoms with Crippen LogP contribution in [0.25, 0.3) is 0 Å². The molecule has 1 aliphatic carbocycles. The zero-order valence-electron chi connectivity index (χ0n) is 11.7. The van der Waals surface area contributed by atoms with Crippen LogP contribution in [0, 0.1) is 0 Å². The van der Waals surface area contributed by atoms with Gasteiger partial charge in [-0.3, -0.25) is 0 Å². The summed E-state index contributed by atoms with van der Waals surface area (Å²) in [6.45, 7) is 0. The minimum atomic E-state index is -1.13. The van der Waals surface area contributed by atoms with E-state index in [1.165, 1.54) is 0 Å². The first-order chi connectivity index (χ1) is 9.70. The summed E-state index contributed by atoms with van der Waals surface area (Å²) in [5, 5.41) is 11.3. The fourth-order valence-electron chi connectivity index (χ4n) is 3.06. The van der Waals surface area contributed by atoms with Gasteiger partial charge in [0.15, 0.2) is 0 Å². The van der Waals surface area contributed by atoms with Crippen molar-refractivity contribution < 1.29 is 19.0 Å². The summed E-state index contributed by atoms with van der Waals surface area (Å²) in [4.78, 5) is 0. The van der Waals surface area contributed by atoms with Gasteiger partial charge in [-0.25, -0.2) is 0 Å². The summed E-state index contributed by atoms with van der Waals surface area (Å²) in [6, 6.07) is 7.36. The molecule has 0 fully saturated rings. The number of furan rings is 1. The van der Waals surface area contributed by atoms with Gasteiger partial charge in [0.1, 0.15) is 22.9 Å². The van der Waals surface area contributed by atoms with Gasteiger partial charge in [0.2, 0.25) is 0 Å². The Morgan fingerprint density at radius 2 is 1.85 bits per heavy atom. The van der Waals surface area contributed by atoms with Crippen molar-refractivity contribution in [3.05, 3.63) is 47.4 Å². The molecule has 1 aliphatic rings. The zero-order valence-corrected chi connectivity index (χ0v) is 11.7. The predicted molar refractivity (Wildman–Crippen MR) is 74.2 cm³/mol. The maximum Gasteiger partial charge on any atom is 0.129 e. The first-order valence-corrected chi connectivity index (χ1v) is 6.71. The van der Waals surface area contributed by atoms with E-state index < -0.39 is 5.60 Å². The van der Waals surface area contributed by atoms with Gasteiger partial charge in [-0.05, 0) is 31.0 Å². The molecule has 3 rings (SSSR count). The van der Waals surface area contributed by atoms with E-state index in [1.807, 2.05) is 24.3 Å². The van der Waals surface area contributed by atoms with Crippen molar-refractivity contribution in [2.24, 2.45) is 0 Å². The minimum Gasteiger partial charge on any atom is -0.496 e. The highest BCUT2D eigenvalue weighted by Crippen LogP contribution is 2.48. The molecule has 1 aromatic carbocycles. The second kappa shape index (κ2) is 4.87. The van der Waals surface area contributed by atoms with Crippen molar-refractivity contribution in [2.75, 3.05) is 14.2 Å². The van der Waals surface area contributed by atoms with E-state index in [2.05, 4.69) is 0 Å². The zero-order chi connectivity index (χ0) is 14.2. The lowest BCUT2D eigenvalue weighted by Crippen LogP contribution is -2.32.